The quantitative estimate of drug-likeness (QED) is 0.734. The molecule has 4 heterocycles. The zero-order valence-corrected chi connectivity index (χ0v) is 13.8. The van der Waals surface area contributed by atoms with Gasteiger partial charge in [0.25, 0.3) is 0 Å². The number of hydrogen-bond donors (Lipinski definition) is 2. The molecule has 4 rings (SSSR count). The lowest BCUT2D eigenvalue weighted by Crippen LogP contribution is -2.12. The summed E-state index contributed by atoms with van der Waals surface area (Å²) in [6.45, 7) is 1.96. The predicted octanol–water partition coefficient (Wildman–Crippen LogP) is 2.16. The van der Waals surface area contributed by atoms with Gasteiger partial charge in [-0.15, -0.1) is 0 Å². The minimum atomic E-state index is 0.389. The van der Waals surface area contributed by atoms with E-state index < -0.39 is 0 Å². The van der Waals surface area contributed by atoms with Gasteiger partial charge in [0.05, 0.1) is 16.4 Å². The number of anilines is 1. The Morgan fingerprint density at radius 1 is 1.45 bits per heavy atom. The molecule has 1 saturated heterocycles. The van der Waals surface area contributed by atoms with Crippen LogP contribution in [0.2, 0.25) is 0 Å². The third kappa shape index (κ3) is 2.04. The first-order valence-electron chi connectivity index (χ1n) is 7.31. The molecule has 3 N–H and O–H groups in total. The van der Waals surface area contributed by atoms with Gasteiger partial charge in [0.2, 0.25) is 0 Å². The van der Waals surface area contributed by atoms with Crippen LogP contribution in [0.1, 0.15) is 18.0 Å². The third-order valence-corrected chi connectivity index (χ3v) is 5.05. The fourth-order valence-electron chi connectivity index (χ4n) is 3.04. The van der Waals surface area contributed by atoms with Crippen LogP contribution in [0.25, 0.3) is 16.8 Å². The first-order valence-corrected chi connectivity index (χ1v) is 8.10. The molecule has 0 bridgehead atoms. The minimum Gasteiger partial charge on any atom is -0.383 e. The number of fused-ring (bicyclic) bond motifs is 1. The normalized spacial score (nSPS) is 18.4. The molecule has 0 unspecified atom stereocenters. The molecule has 3 aromatic heterocycles. The van der Waals surface area contributed by atoms with E-state index in [1.165, 1.54) is 0 Å². The predicted molar refractivity (Wildman–Crippen MR) is 89.7 cm³/mol. The van der Waals surface area contributed by atoms with Crippen LogP contribution < -0.4 is 11.1 Å². The minimum absolute atomic E-state index is 0.389. The number of hydrogen-bond acceptors (Lipinski definition) is 4. The van der Waals surface area contributed by atoms with Crippen LogP contribution in [0.5, 0.6) is 0 Å². The largest absolute Gasteiger partial charge is 0.383 e. The lowest BCUT2D eigenvalue weighted by atomic mass is 10.0. The summed E-state index contributed by atoms with van der Waals surface area (Å²) in [4.78, 5) is 4.89. The van der Waals surface area contributed by atoms with Crippen LogP contribution in [0.15, 0.2) is 29.1 Å². The van der Waals surface area contributed by atoms with E-state index >= 15 is 0 Å². The molecule has 1 atom stereocenters. The van der Waals surface area contributed by atoms with Crippen molar-refractivity contribution >= 4 is 27.4 Å². The fraction of sp³-hybridized carbons (Fsp3) is 0.333. The molecule has 1 aliphatic rings. The zero-order valence-electron chi connectivity index (χ0n) is 12.3. The standard InChI is InChI=1S/C15H17BrN6/c1-21-5-3-10(8-21)11-7-19-22-14(17)12(16)13(20-15(11)22)9-2-4-18-6-9/h3,5,7-9,18H,2,4,6,17H2,1H3/t9-/m1/s1. The molecular formula is C15H17BrN6. The van der Waals surface area contributed by atoms with Gasteiger partial charge < -0.3 is 15.6 Å². The first-order chi connectivity index (χ1) is 10.6. The highest BCUT2D eigenvalue weighted by molar-refractivity contribution is 9.10. The van der Waals surface area contributed by atoms with Crippen molar-refractivity contribution in [2.24, 2.45) is 7.05 Å². The Morgan fingerprint density at radius 3 is 3.00 bits per heavy atom. The van der Waals surface area contributed by atoms with Gasteiger partial charge >= 0.3 is 0 Å². The Balaban J connectivity index is 1.93. The maximum absolute atomic E-state index is 6.27. The van der Waals surface area contributed by atoms with E-state index in [0.717, 1.165) is 46.5 Å². The second-order valence-electron chi connectivity index (χ2n) is 5.75. The highest BCUT2D eigenvalue weighted by Crippen LogP contribution is 2.34. The van der Waals surface area contributed by atoms with Gasteiger partial charge in [-0.1, -0.05) is 0 Å². The smallest absolute Gasteiger partial charge is 0.165 e. The number of aromatic nitrogens is 4. The van der Waals surface area contributed by atoms with Crippen molar-refractivity contribution in [2.45, 2.75) is 12.3 Å². The molecule has 0 saturated carbocycles. The van der Waals surface area contributed by atoms with E-state index in [0.29, 0.717) is 11.7 Å². The van der Waals surface area contributed by atoms with E-state index in [-0.39, 0.29) is 0 Å². The zero-order chi connectivity index (χ0) is 15.3. The van der Waals surface area contributed by atoms with Crippen LogP contribution in [-0.4, -0.2) is 32.3 Å². The van der Waals surface area contributed by atoms with Gasteiger partial charge in [-0.2, -0.15) is 9.61 Å². The van der Waals surface area contributed by atoms with Crippen molar-refractivity contribution in [3.63, 3.8) is 0 Å². The van der Waals surface area contributed by atoms with Crippen LogP contribution in [0.3, 0.4) is 0 Å². The van der Waals surface area contributed by atoms with Gasteiger partial charge in [-0.3, -0.25) is 0 Å². The van der Waals surface area contributed by atoms with Crippen molar-refractivity contribution < 1.29 is 0 Å². The lowest BCUT2D eigenvalue weighted by Gasteiger charge is -2.13. The molecule has 0 aromatic carbocycles. The Labute approximate surface area is 136 Å². The van der Waals surface area contributed by atoms with Crippen molar-refractivity contribution in [1.82, 2.24) is 24.5 Å². The second-order valence-corrected chi connectivity index (χ2v) is 6.54. The van der Waals surface area contributed by atoms with E-state index in [2.05, 4.69) is 38.6 Å². The molecule has 0 amide bonds. The molecule has 1 fully saturated rings. The number of rotatable bonds is 2. The average Bonchev–Trinajstić information content (AvgIpc) is 3.22. The highest BCUT2D eigenvalue weighted by Gasteiger charge is 2.24. The number of nitrogens with zero attached hydrogens (tertiary/aromatic N) is 4. The molecule has 6 nitrogen and oxygen atoms in total. The van der Waals surface area contributed by atoms with Gasteiger partial charge in [0.1, 0.15) is 5.82 Å². The van der Waals surface area contributed by atoms with Crippen molar-refractivity contribution in [3.05, 3.63) is 34.8 Å². The molecule has 0 spiro atoms. The topological polar surface area (TPSA) is 73.2 Å². The summed E-state index contributed by atoms with van der Waals surface area (Å²) in [6.07, 6.45) is 6.99. The van der Waals surface area contributed by atoms with Gasteiger partial charge in [0.15, 0.2) is 5.65 Å². The Bertz CT molecular complexity index is 843. The lowest BCUT2D eigenvalue weighted by molar-refractivity contribution is 0.727. The highest BCUT2D eigenvalue weighted by atomic mass is 79.9. The molecule has 114 valence electrons. The molecule has 0 radical (unpaired) electrons. The van der Waals surface area contributed by atoms with Crippen LogP contribution in [-0.2, 0) is 7.05 Å². The maximum atomic E-state index is 6.27. The molecule has 0 aliphatic carbocycles. The molecule has 22 heavy (non-hydrogen) atoms. The van der Waals surface area contributed by atoms with Gasteiger partial charge in [0, 0.05) is 43.0 Å². The third-order valence-electron chi connectivity index (χ3n) is 4.24. The van der Waals surface area contributed by atoms with Gasteiger partial charge in [-0.05, 0) is 35.0 Å². The SMILES string of the molecule is Cn1ccc(-c2cnn3c(N)c(Br)c([C@@H]4CCNC4)nc23)c1. The summed E-state index contributed by atoms with van der Waals surface area (Å²) in [5.74, 6) is 0.995. The van der Waals surface area contributed by atoms with E-state index in [1.807, 2.05) is 24.0 Å². The monoisotopic (exact) mass is 360 g/mol. The van der Waals surface area contributed by atoms with E-state index in [9.17, 15) is 0 Å². The van der Waals surface area contributed by atoms with E-state index in [1.54, 1.807) is 4.52 Å². The Morgan fingerprint density at radius 2 is 2.32 bits per heavy atom. The molecule has 7 heteroatoms. The molecular weight excluding hydrogens is 344 g/mol. The van der Waals surface area contributed by atoms with Crippen molar-refractivity contribution in [2.75, 3.05) is 18.8 Å². The summed E-state index contributed by atoms with van der Waals surface area (Å²) in [5.41, 5.74) is 10.2. The molecule has 1 aliphatic heterocycles. The first kappa shape index (κ1) is 13.8. The van der Waals surface area contributed by atoms with Crippen LogP contribution in [0, 0.1) is 0 Å². The summed E-state index contributed by atoms with van der Waals surface area (Å²) in [6, 6.07) is 2.06. The average molecular weight is 361 g/mol. The number of aryl methyl sites for hydroxylation is 1. The van der Waals surface area contributed by atoms with E-state index in [4.69, 9.17) is 10.7 Å². The Hall–Kier alpha value is -1.86. The second kappa shape index (κ2) is 5.10. The summed E-state index contributed by atoms with van der Waals surface area (Å²) in [7, 11) is 2.00. The number of halogens is 1. The summed E-state index contributed by atoms with van der Waals surface area (Å²) in [5, 5.41) is 7.79. The number of nitrogens with one attached hydrogen (secondary N) is 1. The van der Waals surface area contributed by atoms with Crippen LogP contribution in [0.4, 0.5) is 5.82 Å². The number of nitrogen functional groups attached to an aromatic ring is 1. The summed E-state index contributed by atoms with van der Waals surface area (Å²) >= 11 is 3.60. The Kier molecular flexibility index (Phi) is 3.19. The van der Waals surface area contributed by atoms with Crippen LogP contribution >= 0.6 is 15.9 Å². The molecule has 3 aromatic rings. The fourth-order valence-corrected chi connectivity index (χ4v) is 3.62. The van der Waals surface area contributed by atoms with Crippen molar-refractivity contribution in [1.29, 1.82) is 0 Å². The number of nitrogens with two attached hydrogens (primary N) is 1. The summed E-state index contributed by atoms with van der Waals surface area (Å²) < 4.78 is 4.58. The van der Waals surface area contributed by atoms with Gasteiger partial charge in [-0.25, -0.2) is 4.98 Å². The van der Waals surface area contributed by atoms with Crippen molar-refractivity contribution in [3.8, 4) is 11.1 Å². The maximum Gasteiger partial charge on any atom is 0.165 e.